The highest BCUT2D eigenvalue weighted by atomic mass is 32.2. The molecule has 0 spiro atoms. The van der Waals surface area contributed by atoms with Crippen molar-refractivity contribution in [2.24, 2.45) is 0 Å². The summed E-state index contributed by atoms with van der Waals surface area (Å²) in [4.78, 5) is 28.4. The van der Waals surface area contributed by atoms with E-state index in [1.165, 1.54) is 18.3 Å². The minimum Gasteiger partial charge on any atom is -0.363 e. The molecular formula is C26H32N6O3S. The summed E-state index contributed by atoms with van der Waals surface area (Å²) in [5.74, 6) is 1.02. The van der Waals surface area contributed by atoms with Gasteiger partial charge in [-0.1, -0.05) is 18.2 Å². The Morgan fingerprint density at radius 2 is 1.67 bits per heavy atom. The SMILES string of the molecule is Cc1cc(N(C)C)nc(N[C@H]2CC[C@@H](NC(=O)c3cccnc3S(=O)(=O)c3ccccc3C)CC2)n1. The van der Waals surface area contributed by atoms with Crippen LogP contribution in [-0.2, 0) is 9.84 Å². The van der Waals surface area contributed by atoms with E-state index in [1.807, 2.05) is 32.0 Å². The zero-order valence-electron chi connectivity index (χ0n) is 21.0. The molecule has 1 aromatic carbocycles. The van der Waals surface area contributed by atoms with Crippen molar-refractivity contribution in [2.75, 3.05) is 24.3 Å². The number of carbonyl (C=O) groups excluding carboxylic acids is 1. The zero-order chi connectivity index (χ0) is 25.9. The van der Waals surface area contributed by atoms with Crippen molar-refractivity contribution in [3.63, 3.8) is 0 Å². The van der Waals surface area contributed by atoms with Crippen molar-refractivity contribution >= 4 is 27.5 Å². The predicted molar refractivity (Wildman–Crippen MR) is 139 cm³/mol. The number of nitrogens with one attached hydrogen (secondary N) is 2. The van der Waals surface area contributed by atoms with E-state index in [0.717, 1.165) is 37.2 Å². The number of benzene rings is 1. The first-order valence-corrected chi connectivity index (χ1v) is 13.5. The molecule has 190 valence electrons. The molecular weight excluding hydrogens is 476 g/mol. The lowest BCUT2D eigenvalue weighted by Gasteiger charge is -2.30. The molecule has 2 aromatic heterocycles. The summed E-state index contributed by atoms with van der Waals surface area (Å²) in [6, 6.07) is 11.9. The van der Waals surface area contributed by atoms with Crippen LogP contribution in [0.1, 0.15) is 47.3 Å². The monoisotopic (exact) mass is 508 g/mol. The number of nitrogens with zero attached hydrogens (tertiary/aromatic N) is 4. The molecule has 1 aliphatic rings. The van der Waals surface area contributed by atoms with Gasteiger partial charge in [-0.05, 0) is 63.3 Å². The highest BCUT2D eigenvalue weighted by Gasteiger charge is 2.29. The van der Waals surface area contributed by atoms with Gasteiger partial charge in [0.25, 0.3) is 5.91 Å². The molecule has 0 radical (unpaired) electrons. The van der Waals surface area contributed by atoms with E-state index in [0.29, 0.717) is 11.5 Å². The fraction of sp³-hybridized carbons (Fsp3) is 0.385. The Bertz CT molecular complexity index is 1350. The summed E-state index contributed by atoms with van der Waals surface area (Å²) in [6.45, 7) is 3.67. The summed E-state index contributed by atoms with van der Waals surface area (Å²) >= 11 is 0. The molecule has 0 saturated heterocycles. The molecule has 2 heterocycles. The van der Waals surface area contributed by atoms with E-state index in [9.17, 15) is 13.2 Å². The fourth-order valence-electron chi connectivity index (χ4n) is 4.41. The van der Waals surface area contributed by atoms with E-state index < -0.39 is 15.7 Å². The maximum Gasteiger partial charge on any atom is 0.254 e. The van der Waals surface area contributed by atoms with Crippen molar-refractivity contribution in [1.29, 1.82) is 0 Å². The van der Waals surface area contributed by atoms with E-state index in [-0.39, 0.29) is 27.6 Å². The number of carbonyl (C=O) groups is 1. The van der Waals surface area contributed by atoms with E-state index >= 15 is 0 Å². The molecule has 36 heavy (non-hydrogen) atoms. The lowest BCUT2D eigenvalue weighted by Crippen LogP contribution is -2.40. The van der Waals surface area contributed by atoms with Crippen LogP contribution in [0.3, 0.4) is 0 Å². The molecule has 10 heteroatoms. The topological polar surface area (TPSA) is 117 Å². The summed E-state index contributed by atoms with van der Waals surface area (Å²) < 4.78 is 26.6. The number of aromatic nitrogens is 3. The molecule has 1 amide bonds. The third-order valence-corrected chi connectivity index (χ3v) is 8.22. The first kappa shape index (κ1) is 25.6. The van der Waals surface area contributed by atoms with Crippen LogP contribution in [0.2, 0.25) is 0 Å². The van der Waals surface area contributed by atoms with Crippen LogP contribution in [0.15, 0.2) is 58.6 Å². The van der Waals surface area contributed by atoms with Crippen LogP contribution in [0.25, 0.3) is 0 Å². The van der Waals surface area contributed by atoms with Gasteiger partial charge in [-0.3, -0.25) is 4.79 Å². The minimum absolute atomic E-state index is 0.0551. The Morgan fingerprint density at radius 1 is 0.972 bits per heavy atom. The smallest absolute Gasteiger partial charge is 0.254 e. The number of anilines is 2. The van der Waals surface area contributed by atoms with Crippen LogP contribution in [0, 0.1) is 13.8 Å². The quantitative estimate of drug-likeness (QED) is 0.498. The van der Waals surface area contributed by atoms with Gasteiger partial charge in [0.1, 0.15) is 5.82 Å². The second kappa shape index (κ2) is 10.6. The summed E-state index contributed by atoms with van der Waals surface area (Å²) in [5.41, 5.74) is 1.56. The summed E-state index contributed by atoms with van der Waals surface area (Å²) in [5, 5.41) is 6.22. The maximum atomic E-state index is 13.3. The van der Waals surface area contributed by atoms with E-state index in [2.05, 4.69) is 25.6 Å². The number of amides is 1. The van der Waals surface area contributed by atoms with Crippen molar-refractivity contribution < 1.29 is 13.2 Å². The number of sulfone groups is 1. The second-order valence-electron chi connectivity index (χ2n) is 9.38. The van der Waals surface area contributed by atoms with Gasteiger partial charge in [0.15, 0.2) is 5.03 Å². The normalized spacial score (nSPS) is 17.9. The van der Waals surface area contributed by atoms with Gasteiger partial charge in [-0.2, -0.15) is 4.98 Å². The molecule has 0 aliphatic heterocycles. The van der Waals surface area contributed by atoms with Crippen LogP contribution >= 0.6 is 0 Å². The third-order valence-electron chi connectivity index (χ3n) is 6.35. The largest absolute Gasteiger partial charge is 0.363 e. The third kappa shape index (κ3) is 5.64. The maximum absolute atomic E-state index is 13.3. The van der Waals surface area contributed by atoms with Gasteiger partial charge in [0.05, 0.1) is 10.5 Å². The Hall–Kier alpha value is -3.53. The highest BCUT2D eigenvalue weighted by Crippen LogP contribution is 2.26. The number of hydrogen-bond acceptors (Lipinski definition) is 8. The molecule has 0 unspecified atom stereocenters. The van der Waals surface area contributed by atoms with Gasteiger partial charge < -0.3 is 15.5 Å². The average molecular weight is 509 g/mol. The first-order chi connectivity index (χ1) is 17.1. The molecule has 3 aromatic rings. The van der Waals surface area contributed by atoms with E-state index in [4.69, 9.17) is 0 Å². The minimum atomic E-state index is -3.94. The summed E-state index contributed by atoms with van der Waals surface area (Å²) in [6.07, 6.45) is 4.58. The number of aryl methyl sites for hydroxylation is 2. The Kier molecular flexibility index (Phi) is 7.53. The van der Waals surface area contributed by atoms with Crippen molar-refractivity contribution in [2.45, 2.75) is 61.5 Å². The van der Waals surface area contributed by atoms with Gasteiger partial charge in [0.2, 0.25) is 15.8 Å². The van der Waals surface area contributed by atoms with Crippen molar-refractivity contribution in [3.05, 3.63) is 65.5 Å². The molecule has 1 fully saturated rings. The van der Waals surface area contributed by atoms with Crippen LogP contribution < -0.4 is 15.5 Å². The van der Waals surface area contributed by atoms with Crippen molar-refractivity contribution in [3.8, 4) is 0 Å². The Balaban J connectivity index is 1.42. The second-order valence-corrected chi connectivity index (χ2v) is 11.2. The van der Waals surface area contributed by atoms with Crippen LogP contribution in [0.5, 0.6) is 0 Å². The molecule has 1 saturated carbocycles. The molecule has 9 nitrogen and oxygen atoms in total. The lowest BCUT2D eigenvalue weighted by molar-refractivity contribution is 0.0922. The van der Waals surface area contributed by atoms with Gasteiger partial charge >= 0.3 is 0 Å². The Labute approximate surface area is 212 Å². The fourth-order valence-corrected chi connectivity index (χ4v) is 6.02. The standard InChI is InChI=1S/C26H32N6O3S/c1-17-8-5-6-10-22(17)36(34,35)25-21(9-7-15-27-25)24(33)29-19-11-13-20(14-12-19)30-26-28-18(2)16-23(31-26)32(3)4/h5-10,15-16,19-20H,11-14H2,1-4H3,(H,29,33)(H,28,30,31)/t19-,20+. The zero-order valence-corrected chi connectivity index (χ0v) is 21.8. The predicted octanol–water partition coefficient (Wildman–Crippen LogP) is 3.54. The molecule has 4 rings (SSSR count). The number of pyridine rings is 1. The van der Waals surface area contributed by atoms with Gasteiger partial charge in [0, 0.05) is 44.1 Å². The average Bonchev–Trinajstić information content (AvgIpc) is 2.85. The van der Waals surface area contributed by atoms with Crippen LogP contribution in [0.4, 0.5) is 11.8 Å². The van der Waals surface area contributed by atoms with Crippen LogP contribution in [-0.4, -0.2) is 55.5 Å². The molecule has 0 bridgehead atoms. The number of hydrogen-bond donors (Lipinski definition) is 2. The molecule has 0 atom stereocenters. The lowest BCUT2D eigenvalue weighted by atomic mass is 9.91. The highest BCUT2D eigenvalue weighted by molar-refractivity contribution is 7.91. The summed E-state index contributed by atoms with van der Waals surface area (Å²) in [7, 11) is -0.0545. The van der Waals surface area contributed by atoms with E-state index in [1.54, 1.807) is 31.2 Å². The molecule has 1 aliphatic carbocycles. The van der Waals surface area contributed by atoms with Gasteiger partial charge in [-0.15, -0.1) is 0 Å². The van der Waals surface area contributed by atoms with Gasteiger partial charge in [-0.25, -0.2) is 18.4 Å². The first-order valence-electron chi connectivity index (χ1n) is 12.0. The number of rotatable bonds is 7. The van der Waals surface area contributed by atoms with Crippen molar-refractivity contribution in [1.82, 2.24) is 20.3 Å². The Morgan fingerprint density at radius 3 is 2.36 bits per heavy atom. The molecule has 2 N–H and O–H groups in total.